The predicted octanol–water partition coefficient (Wildman–Crippen LogP) is 1.74. The summed E-state index contributed by atoms with van der Waals surface area (Å²) in [5.41, 5.74) is 5.21. The van der Waals surface area contributed by atoms with E-state index in [-0.39, 0.29) is 11.4 Å². The fourth-order valence-electron chi connectivity index (χ4n) is 0.884. The van der Waals surface area contributed by atoms with Crippen molar-refractivity contribution < 1.29 is 17.9 Å². The Hall–Kier alpha value is -1.97. The summed E-state index contributed by atoms with van der Waals surface area (Å²) >= 11 is 0. The van der Waals surface area contributed by atoms with Crippen LogP contribution in [0.4, 0.5) is 18.9 Å². The molecule has 0 spiro atoms. The van der Waals surface area contributed by atoms with E-state index in [4.69, 9.17) is 11.0 Å². The smallest absolute Gasteiger partial charge is 0.403 e. The minimum Gasteiger partial charge on any atom is -0.403 e. The van der Waals surface area contributed by atoms with Crippen molar-refractivity contribution >= 4 is 5.69 Å². The van der Waals surface area contributed by atoms with Crippen molar-refractivity contribution in [3.05, 3.63) is 17.5 Å². The quantitative estimate of drug-likeness (QED) is 0.777. The van der Waals surface area contributed by atoms with Gasteiger partial charge in [0.2, 0.25) is 0 Å². The Kier molecular flexibility index (Phi) is 2.70. The molecule has 1 heterocycles. The molecular weight excluding hydrogens is 211 g/mol. The second kappa shape index (κ2) is 3.65. The number of aromatic nitrogens is 1. The van der Waals surface area contributed by atoms with E-state index in [2.05, 4.69) is 9.72 Å². The van der Waals surface area contributed by atoms with E-state index >= 15 is 0 Å². The number of hydrogen-bond acceptors (Lipinski definition) is 4. The number of pyridine rings is 1. The summed E-state index contributed by atoms with van der Waals surface area (Å²) in [7, 11) is 0. The first-order valence-electron chi connectivity index (χ1n) is 3.76. The summed E-state index contributed by atoms with van der Waals surface area (Å²) in [5.74, 6) is -0.687. The zero-order chi connectivity index (χ0) is 11.6. The van der Waals surface area contributed by atoms with Crippen LogP contribution < -0.4 is 10.5 Å². The molecule has 7 heteroatoms. The second-order valence-electron chi connectivity index (χ2n) is 2.67. The first-order chi connectivity index (χ1) is 6.83. The molecule has 80 valence electrons. The van der Waals surface area contributed by atoms with E-state index < -0.39 is 17.8 Å². The molecule has 0 aliphatic carbocycles. The number of rotatable bonds is 1. The topological polar surface area (TPSA) is 71.9 Å². The average molecular weight is 217 g/mol. The van der Waals surface area contributed by atoms with Gasteiger partial charge in [0.15, 0.2) is 11.4 Å². The molecular formula is C8H6F3N3O. The lowest BCUT2D eigenvalue weighted by Crippen LogP contribution is -2.18. The SMILES string of the molecule is Cc1nc(C#N)c(OC(F)(F)F)cc1N. The number of nitrogens with zero attached hydrogens (tertiary/aromatic N) is 2. The molecule has 0 aliphatic heterocycles. The first kappa shape index (κ1) is 11.1. The molecule has 1 aromatic rings. The Labute approximate surface area is 83.1 Å². The third-order valence-electron chi connectivity index (χ3n) is 1.55. The molecule has 0 radical (unpaired) electrons. The first-order valence-corrected chi connectivity index (χ1v) is 3.76. The normalized spacial score (nSPS) is 10.9. The standard InChI is InChI=1S/C8H6F3N3O/c1-4-5(13)2-7(6(3-12)14-4)15-8(9,10)11/h2H,13H2,1H3. The van der Waals surface area contributed by atoms with Gasteiger partial charge in [-0.2, -0.15) is 5.26 Å². The molecule has 4 nitrogen and oxygen atoms in total. The summed E-state index contributed by atoms with van der Waals surface area (Å²) < 4.78 is 39.3. The Morgan fingerprint density at radius 3 is 2.60 bits per heavy atom. The molecule has 2 N–H and O–H groups in total. The zero-order valence-electron chi connectivity index (χ0n) is 7.59. The summed E-state index contributed by atoms with van der Waals surface area (Å²) in [6.07, 6.45) is -4.87. The molecule has 0 aliphatic rings. The van der Waals surface area contributed by atoms with Gasteiger partial charge in [-0.1, -0.05) is 0 Å². The molecule has 0 unspecified atom stereocenters. The van der Waals surface area contributed by atoms with Gasteiger partial charge in [0.1, 0.15) is 6.07 Å². The van der Waals surface area contributed by atoms with E-state index in [1.165, 1.54) is 13.0 Å². The summed E-state index contributed by atoms with van der Waals surface area (Å²) in [6.45, 7) is 1.48. The molecule has 0 atom stereocenters. The fraction of sp³-hybridized carbons (Fsp3) is 0.250. The highest BCUT2D eigenvalue weighted by molar-refractivity contribution is 5.52. The average Bonchev–Trinajstić information content (AvgIpc) is 2.08. The van der Waals surface area contributed by atoms with Gasteiger partial charge >= 0.3 is 6.36 Å². The molecule has 0 bridgehead atoms. The van der Waals surface area contributed by atoms with E-state index in [0.717, 1.165) is 6.07 Å². The van der Waals surface area contributed by atoms with Gasteiger partial charge in [-0.05, 0) is 6.92 Å². The predicted molar refractivity (Wildman–Crippen MR) is 44.8 cm³/mol. The molecule has 15 heavy (non-hydrogen) atoms. The molecule has 0 saturated carbocycles. The number of aryl methyl sites for hydroxylation is 1. The third-order valence-corrected chi connectivity index (χ3v) is 1.55. The van der Waals surface area contributed by atoms with Gasteiger partial charge in [0.05, 0.1) is 11.4 Å². The van der Waals surface area contributed by atoms with E-state index in [1.807, 2.05) is 0 Å². The monoisotopic (exact) mass is 217 g/mol. The number of anilines is 1. The molecule has 0 saturated heterocycles. The van der Waals surface area contributed by atoms with Crippen molar-refractivity contribution in [2.45, 2.75) is 13.3 Å². The Balaban J connectivity index is 3.18. The fourth-order valence-corrected chi connectivity index (χ4v) is 0.884. The van der Waals surface area contributed by atoms with Crippen molar-refractivity contribution in [1.82, 2.24) is 4.98 Å². The van der Waals surface area contributed by atoms with Crippen LogP contribution in [0.1, 0.15) is 11.4 Å². The molecule has 1 rings (SSSR count). The van der Waals surface area contributed by atoms with Crippen molar-refractivity contribution in [3.8, 4) is 11.8 Å². The maximum atomic E-state index is 11.9. The van der Waals surface area contributed by atoms with E-state index in [0.29, 0.717) is 0 Å². The maximum absolute atomic E-state index is 11.9. The van der Waals surface area contributed by atoms with Crippen molar-refractivity contribution in [1.29, 1.82) is 5.26 Å². The van der Waals surface area contributed by atoms with Gasteiger partial charge in [0.25, 0.3) is 0 Å². The molecule has 0 amide bonds. The molecule has 0 aromatic carbocycles. The van der Waals surface area contributed by atoms with Crippen molar-refractivity contribution in [3.63, 3.8) is 0 Å². The molecule has 0 fully saturated rings. The Morgan fingerprint density at radius 2 is 2.13 bits per heavy atom. The van der Waals surface area contributed by atoms with E-state index in [1.54, 1.807) is 0 Å². The lowest BCUT2D eigenvalue weighted by molar-refractivity contribution is -0.274. The van der Waals surface area contributed by atoms with Crippen LogP contribution in [0.5, 0.6) is 5.75 Å². The highest BCUT2D eigenvalue weighted by atomic mass is 19.4. The summed E-state index contributed by atoms with van der Waals surface area (Å²) in [6, 6.07) is 2.42. The zero-order valence-corrected chi connectivity index (χ0v) is 7.59. The minimum absolute atomic E-state index is 0.0354. The van der Waals surface area contributed by atoms with Crippen molar-refractivity contribution in [2.24, 2.45) is 0 Å². The number of hydrogen-bond donors (Lipinski definition) is 1. The van der Waals surface area contributed by atoms with Gasteiger partial charge in [0, 0.05) is 6.07 Å². The van der Waals surface area contributed by atoms with Crippen molar-refractivity contribution in [2.75, 3.05) is 5.73 Å². The van der Waals surface area contributed by atoms with E-state index in [9.17, 15) is 13.2 Å². The van der Waals surface area contributed by atoms with Crippen LogP contribution in [0.15, 0.2) is 6.07 Å². The van der Waals surface area contributed by atoms with Crippen LogP contribution in [0.25, 0.3) is 0 Å². The van der Waals surface area contributed by atoms with Crippen LogP contribution in [0, 0.1) is 18.3 Å². The van der Waals surface area contributed by atoms with Crippen LogP contribution in [-0.2, 0) is 0 Å². The largest absolute Gasteiger partial charge is 0.573 e. The highest BCUT2D eigenvalue weighted by Crippen LogP contribution is 2.27. The van der Waals surface area contributed by atoms with Gasteiger partial charge in [-0.25, -0.2) is 4.98 Å². The third kappa shape index (κ3) is 2.74. The number of nitrogen functional groups attached to an aromatic ring is 1. The summed E-state index contributed by atoms with van der Waals surface area (Å²) in [5, 5.41) is 8.53. The number of ether oxygens (including phenoxy) is 1. The van der Waals surface area contributed by atoms with Gasteiger partial charge in [-0.15, -0.1) is 13.2 Å². The maximum Gasteiger partial charge on any atom is 0.573 e. The lowest BCUT2D eigenvalue weighted by Gasteiger charge is -2.10. The minimum atomic E-state index is -4.87. The number of nitrogens with two attached hydrogens (primary N) is 1. The molecule has 1 aromatic heterocycles. The number of alkyl halides is 3. The highest BCUT2D eigenvalue weighted by Gasteiger charge is 2.32. The summed E-state index contributed by atoms with van der Waals surface area (Å²) in [4.78, 5) is 3.56. The number of halogens is 3. The van der Waals surface area contributed by atoms with Gasteiger partial charge in [-0.3, -0.25) is 0 Å². The van der Waals surface area contributed by atoms with Gasteiger partial charge < -0.3 is 10.5 Å². The Morgan fingerprint density at radius 1 is 1.53 bits per heavy atom. The lowest BCUT2D eigenvalue weighted by atomic mass is 10.2. The van der Waals surface area contributed by atoms with Crippen LogP contribution in [-0.4, -0.2) is 11.3 Å². The van der Waals surface area contributed by atoms with Crippen LogP contribution in [0.2, 0.25) is 0 Å². The van der Waals surface area contributed by atoms with Crippen LogP contribution >= 0.6 is 0 Å². The van der Waals surface area contributed by atoms with Crippen LogP contribution in [0.3, 0.4) is 0 Å². The second-order valence-corrected chi connectivity index (χ2v) is 2.67. The number of nitriles is 1. The Bertz CT molecular complexity index is 422.